The van der Waals surface area contributed by atoms with Crippen molar-refractivity contribution in [3.05, 3.63) is 46.2 Å². The zero-order chi connectivity index (χ0) is 13.9. The Kier molecular flexibility index (Phi) is 3.80. The number of H-pyrrole nitrogens is 1. The summed E-state index contributed by atoms with van der Waals surface area (Å²) in [5.74, 6) is 0.975. The number of nitrogens with zero attached hydrogens (tertiary/aromatic N) is 2. The zero-order valence-corrected chi connectivity index (χ0v) is 12.5. The van der Waals surface area contributed by atoms with Crippen LogP contribution < -0.4 is 5.32 Å². The Bertz CT molecular complexity index is 668. The van der Waals surface area contributed by atoms with Gasteiger partial charge in [-0.2, -0.15) is 0 Å². The highest BCUT2D eigenvalue weighted by molar-refractivity contribution is 7.11. The van der Waals surface area contributed by atoms with Crippen molar-refractivity contribution < 1.29 is 0 Å². The molecule has 0 aliphatic carbocycles. The van der Waals surface area contributed by atoms with Crippen LogP contribution in [0.5, 0.6) is 0 Å². The minimum atomic E-state index is 0.363. The molecule has 0 radical (unpaired) electrons. The van der Waals surface area contributed by atoms with Crippen molar-refractivity contribution in [2.75, 3.05) is 6.54 Å². The number of imidazole rings is 1. The Labute approximate surface area is 122 Å². The van der Waals surface area contributed by atoms with Crippen LogP contribution >= 0.6 is 11.3 Å². The van der Waals surface area contributed by atoms with Gasteiger partial charge < -0.3 is 10.3 Å². The third-order valence-corrected chi connectivity index (χ3v) is 4.45. The summed E-state index contributed by atoms with van der Waals surface area (Å²) in [5, 5.41) is 4.51. The molecule has 0 amide bonds. The molecule has 0 aliphatic heterocycles. The molecular weight excluding hydrogens is 268 g/mol. The summed E-state index contributed by atoms with van der Waals surface area (Å²) < 4.78 is 0. The lowest BCUT2D eigenvalue weighted by Gasteiger charge is -2.07. The molecule has 3 aromatic rings. The van der Waals surface area contributed by atoms with Gasteiger partial charge in [0.2, 0.25) is 0 Å². The van der Waals surface area contributed by atoms with E-state index in [4.69, 9.17) is 0 Å². The van der Waals surface area contributed by atoms with Gasteiger partial charge in [0.15, 0.2) is 0 Å². The Morgan fingerprint density at radius 3 is 3.00 bits per heavy atom. The fourth-order valence-electron chi connectivity index (χ4n) is 2.25. The summed E-state index contributed by atoms with van der Waals surface area (Å²) in [6, 6.07) is 8.46. The van der Waals surface area contributed by atoms with Gasteiger partial charge in [0.1, 0.15) is 10.8 Å². The van der Waals surface area contributed by atoms with Crippen molar-refractivity contribution in [2.24, 2.45) is 0 Å². The van der Waals surface area contributed by atoms with Crippen LogP contribution in [0.25, 0.3) is 11.0 Å². The predicted molar refractivity (Wildman–Crippen MR) is 83.1 cm³/mol. The van der Waals surface area contributed by atoms with Crippen LogP contribution in [0.15, 0.2) is 30.5 Å². The summed E-state index contributed by atoms with van der Waals surface area (Å²) in [6.45, 7) is 5.26. The van der Waals surface area contributed by atoms with E-state index in [0.29, 0.717) is 6.04 Å². The molecule has 0 bridgehead atoms. The molecule has 20 heavy (non-hydrogen) atoms. The van der Waals surface area contributed by atoms with E-state index in [-0.39, 0.29) is 0 Å². The second-order valence-corrected chi connectivity index (χ2v) is 5.96. The van der Waals surface area contributed by atoms with Crippen molar-refractivity contribution >= 4 is 22.4 Å². The number of rotatable bonds is 5. The van der Waals surface area contributed by atoms with Crippen LogP contribution in [0.2, 0.25) is 0 Å². The van der Waals surface area contributed by atoms with E-state index in [9.17, 15) is 0 Å². The third kappa shape index (κ3) is 2.73. The average Bonchev–Trinajstić information content (AvgIpc) is 3.05. The monoisotopic (exact) mass is 286 g/mol. The zero-order valence-electron chi connectivity index (χ0n) is 11.7. The van der Waals surface area contributed by atoms with E-state index in [1.807, 2.05) is 30.5 Å². The lowest BCUT2D eigenvalue weighted by atomic mass is 10.3. The molecule has 3 rings (SSSR count). The Balaban J connectivity index is 1.77. The molecule has 2 heterocycles. The van der Waals surface area contributed by atoms with Gasteiger partial charge in [-0.15, -0.1) is 11.3 Å². The van der Waals surface area contributed by atoms with Crippen LogP contribution in [-0.2, 0) is 6.42 Å². The maximum absolute atomic E-state index is 4.59. The molecule has 1 unspecified atom stereocenters. The first-order chi connectivity index (χ1) is 9.76. The van der Waals surface area contributed by atoms with Gasteiger partial charge in [0, 0.05) is 17.1 Å². The van der Waals surface area contributed by atoms with Gasteiger partial charge in [-0.3, -0.25) is 0 Å². The van der Waals surface area contributed by atoms with E-state index < -0.39 is 0 Å². The van der Waals surface area contributed by atoms with Crippen LogP contribution in [0.1, 0.15) is 35.6 Å². The predicted octanol–water partition coefficient (Wildman–Crippen LogP) is 3.28. The van der Waals surface area contributed by atoms with Gasteiger partial charge in [-0.05, 0) is 25.6 Å². The van der Waals surface area contributed by atoms with E-state index in [0.717, 1.165) is 34.8 Å². The van der Waals surface area contributed by atoms with E-state index in [2.05, 4.69) is 34.1 Å². The van der Waals surface area contributed by atoms with E-state index in [1.54, 1.807) is 11.3 Å². The number of hydrogen-bond acceptors (Lipinski definition) is 4. The van der Waals surface area contributed by atoms with Crippen molar-refractivity contribution in [2.45, 2.75) is 26.3 Å². The molecule has 0 aliphatic rings. The minimum Gasteiger partial charge on any atom is -0.342 e. The molecule has 1 aromatic carbocycles. The van der Waals surface area contributed by atoms with Crippen molar-refractivity contribution in [1.29, 1.82) is 0 Å². The quantitative estimate of drug-likeness (QED) is 0.757. The van der Waals surface area contributed by atoms with E-state index in [1.165, 1.54) is 4.88 Å². The SMILES string of the molecule is CCNC(C)c1cnc(Cc2nc3ccccc3[nH]2)s1. The second kappa shape index (κ2) is 5.73. The number of benzene rings is 1. The molecular formula is C15H18N4S. The highest BCUT2D eigenvalue weighted by atomic mass is 32.1. The Hall–Kier alpha value is -1.72. The molecule has 0 saturated heterocycles. The molecule has 1 atom stereocenters. The summed E-state index contributed by atoms with van der Waals surface area (Å²) in [7, 11) is 0. The van der Waals surface area contributed by atoms with Crippen LogP contribution in [0, 0.1) is 0 Å². The van der Waals surface area contributed by atoms with Crippen LogP contribution in [0.3, 0.4) is 0 Å². The topological polar surface area (TPSA) is 53.6 Å². The smallest absolute Gasteiger partial charge is 0.114 e. The molecule has 4 nitrogen and oxygen atoms in total. The molecule has 104 valence electrons. The maximum Gasteiger partial charge on any atom is 0.114 e. The lowest BCUT2D eigenvalue weighted by molar-refractivity contribution is 0.606. The molecule has 2 aromatic heterocycles. The molecule has 0 saturated carbocycles. The number of hydrogen-bond donors (Lipinski definition) is 2. The molecule has 0 fully saturated rings. The van der Waals surface area contributed by atoms with Gasteiger partial charge in [-0.1, -0.05) is 19.1 Å². The van der Waals surface area contributed by atoms with Crippen molar-refractivity contribution in [1.82, 2.24) is 20.3 Å². The summed E-state index contributed by atoms with van der Waals surface area (Å²) >= 11 is 1.75. The second-order valence-electron chi connectivity index (χ2n) is 4.81. The normalized spacial score (nSPS) is 12.9. The molecule has 0 spiro atoms. The number of fused-ring (bicyclic) bond motifs is 1. The first kappa shape index (κ1) is 13.3. The lowest BCUT2D eigenvalue weighted by Crippen LogP contribution is -2.16. The number of nitrogens with one attached hydrogen (secondary N) is 2. The standard InChI is InChI=1S/C15H18N4S/c1-3-16-10(2)13-9-17-15(20-13)8-14-18-11-6-4-5-7-12(11)19-14/h4-7,9-10,16H,3,8H2,1-2H3,(H,18,19). The summed E-state index contributed by atoms with van der Waals surface area (Å²) in [4.78, 5) is 13.7. The average molecular weight is 286 g/mol. The highest BCUT2D eigenvalue weighted by Crippen LogP contribution is 2.22. The summed E-state index contributed by atoms with van der Waals surface area (Å²) in [5.41, 5.74) is 2.10. The Morgan fingerprint density at radius 1 is 1.35 bits per heavy atom. The number of para-hydroxylation sites is 2. The molecule has 2 N–H and O–H groups in total. The van der Waals surface area contributed by atoms with E-state index >= 15 is 0 Å². The fraction of sp³-hybridized carbons (Fsp3) is 0.333. The van der Waals surface area contributed by atoms with Gasteiger partial charge in [0.25, 0.3) is 0 Å². The van der Waals surface area contributed by atoms with Crippen LogP contribution in [-0.4, -0.2) is 21.5 Å². The fourth-order valence-corrected chi connectivity index (χ4v) is 3.20. The Morgan fingerprint density at radius 2 is 2.20 bits per heavy atom. The summed E-state index contributed by atoms with van der Waals surface area (Å²) in [6.07, 6.45) is 2.73. The minimum absolute atomic E-state index is 0.363. The number of aromatic amines is 1. The first-order valence-electron chi connectivity index (χ1n) is 6.88. The number of thiazole rings is 1. The van der Waals surface area contributed by atoms with Crippen molar-refractivity contribution in [3.63, 3.8) is 0 Å². The van der Waals surface area contributed by atoms with Gasteiger partial charge in [-0.25, -0.2) is 9.97 Å². The van der Waals surface area contributed by atoms with Gasteiger partial charge in [0.05, 0.1) is 17.5 Å². The third-order valence-electron chi connectivity index (χ3n) is 3.27. The highest BCUT2D eigenvalue weighted by Gasteiger charge is 2.10. The number of aromatic nitrogens is 3. The largest absolute Gasteiger partial charge is 0.342 e. The van der Waals surface area contributed by atoms with Crippen molar-refractivity contribution in [3.8, 4) is 0 Å². The molecule has 5 heteroatoms. The van der Waals surface area contributed by atoms with Crippen LogP contribution in [0.4, 0.5) is 0 Å². The van der Waals surface area contributed by atoms with Gasteiger partial charge >= 0.3 is 0 Å². The maximum atomic E-state index is 4.59. The first-order valence-corrected chi connectivity index (χ1v) is 7.69.